The molecule has 12 heteroatoms. The minimum atomic E-state index is -0.298. The number of nitrogens with one attached hydrogen (secondary N) is 4. The van der Waals surface area contributed by atoms with Gasteiger partial charge in [0.25, 0.3) is 23.6 Å². The van der Waals surface area contributed by atoms with Crippen molar-refractivity contribution in [1.82, 2.24) is 21.3 Å². The molecule has 52 heavy (non-hydrogen) atoms. The molecule has 2 saturated heterocycles. The number of rotatable bonds is 0. The maximum atomic E-state index is 13.5. The van der Waals surface area contributed by atoms with Crippen molar-refractivity contribution in [2.45, 2.75) is 51.0 Å². The van der Waals surface area contributed by atoms with Gasteiger partial charge in [0, 0.05) is 109 Å². The number of amides is 4. The number of ether oxygens (including phenoxy) is 4. The second-order valence-corrected chi connectivity index (χ2v) is 14.6. The van der Waals surface area contributed by atoms with Crippen molar-refractivity contribution in [1.29, 1.82) is 0 Å². The van der Waals surface area contributed by atoms with Gasteiger partial charge in [-0.15, -0.1) is 0 Å². The molecular weight excluding hydrogens is 664 g/mol. The van der Waals surface area contributed by atoms with Crippen molar-refractivity contribution < 1.29 is 38.1 Å². The monoisotopic (exact) mass is 706 g/mol. The molecule has 6 aliphatic rings. The molecule has 5 aliphatic heterocycles. The van der Waals surface area contributed by atoms with E-state index in [1.807, 2.05) is 0 Å². The van der Waals surface area contributed by atoms with Crippen LogP contribution in [0.5, 0.6) is 11.5 Å². The van der Waals surface area contributed by atoms with Gasteiger partial charge < -0.3 is 40.2 Å². The van der Waals surface area contributed by atoms with Gasteiger partial charge in [-0.05, 0) is 61.1 Å². The van der Waals surface area contributed by atoms with Gasteiger partial charge >= 0.3 is 0 Å². The van der Waals surface area contributed by atoms with Crippen LogP contribution in [-0.2, 0) is 35.4 Å². The van der Waals surface area contributed by atoms with E-state index in [-0.39, 0.29) is 72.6 Å². The first kappa shape index (κ1) is 32.9. The normalized spacial score (nSPS) is 28.4. The standard InChI is InChI=1S/C40H42N4O8/c45-37-21-3-1-4-22(15-21)38(46)42-18-30-26-8-12-52-36(26)32(28-10-14-50-34(28)30)20-44-40(48)24-6-2-5-23(16-24)39(47)43-19-31-27-9-13-49-33(27)29(17-41-37)25-7-11-51-35(25)31/h1-6,15-16,25,27,29,31,33,35H,7-14,17-20H2,(H,41,45)(H,42,46)(H,43,47)(H,44,48)/t25-,27-,29+,31+,33-,35-/m0/s1. The van der Waals surface area contributed by atoms with Gasteiger partial charge in [0.1, 0.15) is 11.5 Å². The lowest BCUT2D eigenvalue weighted by Gasteiger charge is -2.46. The molecule has 0 radical (unpaired) electrons. The van der Waals surface area contributed by atoms with Crippen molar-refractivity contribution in [3.05, 3.63) is 93.0 Å². The van der Waals surface area contributed by atoms with E-state index in [0.717, 1.165) is 46.6 Å². The van der Waals surface area contributed by atoms with Crippen LogP contribution >= 0.6 is 0 Å². The maximum absolute atomic E-state index is 13.5. The number of carbonyl (C=O) groups is 4. The van der Waals surface area contributed by atoms with Gasteiger partial charge in [-0.25, -0.2) is 0 Å². The molecule has 3 aromatic rings. The Morgan fingerprint density at radius 1 is 0.481 bits per heavy atom. The van der Waals surface area contributed by atoms with E-state index >= 15 is 0 Å². The zero-order chi connectivity index (χ0) is 35.3. The zero-order valence-electron chi connectivity index (χ0n) is 28.8. The summed E-state index contributed by atoms with van der Waals surface area (Å²) >= 11 is 0. The number of benzene rings is 3. The summed E-state index contributed by atoms with van der Waals surface area (Å²) in [7, 11) is 0. The highest BCUT2D eigenvalue weighted by Gasteiger charge is 2.55. The van der Waals surface area contributed by atoms with Crippen LogP contribution in [0, 0.1) is 23.7 Å². The molecule has 4 N–H and O–H groups in total. The Bertz CT molecular complexity index is 1770. The van der Waals surface area contributed by atoms with E-state index in [2.05, 4.69) is 21.3 Å². The smallest absolute Gasteiger partial charge is 0.251 e. The molecule has 5 heterocycles. The Hall–Kier alpha value is -4.94. The highest BCUT2D eigenvalue weighted by Crippen LogP contribution is 2.49. The van der Waals surface area contributed by atoms with Gasteiger partial charge in [-0.3, -0.25) is 19.2 Å². The van der Waals surface area contributed by atoms with Crippen LogP contribution < -0.4 is 30.7 Å². The first-order chi connectivity index (χ1) is 25.4. The highest BCUT2D eigenvalue weighted by molar-refractivity contribution is 6.00. The summed E-state index contributed by atoms with van der Waals surface area (Å²) in [6, 6.07) is 13.5. The summed E-state index contributed by atoms with van der Waals surface area (Å²) in [5, 5.41) is 12.4. The largest absolute Gasteiger partial charge is 0.493 e. The van der Waals surface area contributed by atoms with Crippen molar-refractivity contribution in [3.63, 3.8) is 0 Å². The lowest BCUT2D eigenvalue weighted by Crippen LogP contribution is -2.55. The van der Waals surface area contributed by atoms with Crippen LogP contribution in [-0.4, -0.2) is 75.4 Å². The van der Waals surface area contributed by atoms with Gasteiger partial charge in [0.15, 0.2) is 0 Å². The van der Waals surface area contributed by atoms with Gasteiger partial charge in [-0.2, -0.15) is 0 Å². The minimum Gasteiger partial charge on any atom is -0.493 e. The second-order valence-electron chi connectivity index (χ2n) is 14.6. The Kier molecular flexibility index (Phi) is 8.59. The first-order valence-corrected chi connectivity index (χ1v) is 18.5. The lowest BCUT2D eigenvalue weighted by atomic mass is 9.64. The minimum absolute atomic E-state index is 0.0529. The number of fused-ring (bicyclic) bond motifs is 10. The third-order valence-electron chi connectivity index (χ3n) is 12.0. The predicted octanol–water partition coefficient (Wildman–Crippen LogP) is 2.95. The van der Waals surface area contributed by atoms with E-state index in [4.69, 9.17) is 18.9 Å². The van der Waals surface area contributed by atoms with E-state index in [1.54, 1.807) is 48.5 Å². The van der Waals surface area contributed by atoms with Crippen molar-refractivity contribution in [3.8, 4) is 11.5 Å². The topological polar surface area (TPSA) is 153 Å². The maximum Gasteiger partial charge on any atom is 0.251 e. The van der Waals surface area contributed by atoms with Crippen LogP contribution in [0.15, 0.2) is 48.5 Å². The Morgan fingerprint density at radius 2 is 0.885 bits per heavy atom. The summed E-state index contributed by atoms with van der Waals surface area (Å²) in [4.78, 5) is 54.1. The molecule has 0 unspecified atom stereocenters. The molecule has 270 valence electrons. The summed E-state index contributed by atoms with van der Waals surface area (Å²) in [5.41, 5.74) is 5.22. The average Bonchev–Trinajstić information content (AvgIpc) is 4.01. The Balaban J connectivity index is 1.05. The molecule has 12 nitrogen and oxygen atoms in total. The highest BCUT2D eigenvalue weighted by atomic mass is 16.5. The van der Waals surface area contributed by atoms with E-state index in [0.29, 0.717) is 74.6 Å². The third kappa shape index (κ3) is 5.78. The van der Waals surface area contributed by atoms with Crippen molar-refractivity contribution in [2.75, 3.05) is 39.5 Å². The molecule has 4 amide bonds. The summed E-state index contributed by atoms with van der Waals surface area (Å²) < 4.78 is 24.9. The summed E-state index contributed by atoms with van der Waals surface area (Å²) in [6.45, 7) is 3.49. The zero-order valence-corrected chi connectivity index (χ0v) is 28.8. The Labute approximate surface area is 301 Å². The fourth-order valence-corrected chi connectivity index (χ4v) is 9.52. The molecule has 8 bridgehead atoms. The van der Waals surface area contributed by atoms with E-state index in [9.17, 15) is 19.2 Å². The number of hydrogen-bond donors (Lipinski definition) is 4. The predicted molar refractivity (Wildman–Crippen MR) is 187 cm³/mol. The molecule has 1 saturated carbocycles. The summed E-state index contributed by atoms with van der Waals surface area (Å²) in [6.07, 6.45) is 2.85. The van der Waals surface area contributed by atoms with Gasteiger partial charge in [-0.1, -0.05) is 12.1 Å². The number of hydrogen-bond acceptors (Lipinski definition) is 8. The first-order valence-electron chi connectivity index (χ1n) is 18.5. The van der Waals surface area contributed by atoms with Crippen LogP contribution in [0.3, 0.4) is 0 Å². The SMILES string of the molecule is O=C1NCc2c3c(c(c4c2OCC4)CNC(=O)c2cccc(c2)C(=O)NC[C@@H]2[C@@H]4CCO[C@@H]4[C@H](CNC(=O)c4cccc1c4)[C@@H]1CCO[C@H]21)OCC3. The van der Waals surface area contributed by atoms with Crippen molar-refractivity contribution >= 4 is 23.6 Å². The Morgan fingerprint density at radius 3 is 1.31 bits per heavy atom. The lowest BCUT2D eigenvalue weighted by molar-refractivity contribution is -0.0871. The van der Waals surface area contributed by atoms with Crippen LogP contribution in [0.2, 0.25) is 0 Å². The molecule has 3 aromatic carbocycles. The molecule has 9 rings (SSSR count). The van der Waals surface area contributed by atoms with Crippen LogP contribution in [0.25, 0.3) is 0 Å². The quantitative estimate of drug-likeness (QED) is 0.279. The van der Waals surface area contributed by atoms with Gasteiger partial charge in [0.2, 0.25) is 0 Å². The van der Waals surface area contributed by atoms with Gasteiger partial charge in [0.05, 0.1) is 25.4 Å². The summed E-state index contributed by atoms with van der Waals surface area (Å²) in [5.74, 6) is 0.780. The molecule has 6 atom stereocenters. The average molecular weight is 707 g/mol. The van der Waals surface area contributed by atoms with E-state index in [1.165, 1.54) is 0 Å². The molecule has 1 aliphatic carbocycles. The fourth-order valence-electron chi connectivity index (χ4n) is 9.52. The molecular formula is C40H42N4O8. The second kappa shape index (κ2) is 13.6. The number of carbonyl (C=O) groups excluding carboxylic acids is 4. The third-order valence-corrected chi connectivity index (χ3v) is 12.0. The molecule has 0 aromatic heterocycles. The van der Waals surface area contributed by atoms with Crippen molar-refractivity contribution in [2.24, 2.45) is 23.7 Å². The van der Waals surface area contributed by atoms with Crippen LogP contribution in [0.4, 0.5) is 0 Å². The van der Waals surface area contributed by atoms with E-state index < -0.39 is 0 Å². The molecule has 3 fully saturated rings. The fraction of sp³-hybridized carbons (Fsp3) is 0.450. The molecule has 0 spiro atoms. The van der Waals surface area contributed by atoms with Crippen LogP contribution in [0.1, 0.15) is 76.5 Å².